The second-order valence-electron chi connectivity index (χ2n) is 5.66. The van der Waals surface area contributed by atoms with E-state index in [1.54, 1.807) is 24.3 Å². The molecule has 0 atom stereocenters. The largest absolute Gasteiger partial charge is 0.496 e. The van der Waals surface area contributed by atoms with Crippen molar-refractivity contribution in [2.24, 2.45) is 0 Å². The van der Waals surface area contributed by atoms with Crippen LogP contribution in [0.5, 0.6) is 5.75 Å². The first-order valence-electron chi connectivity index (χ1n) is 8.15. The van der Waals surface area contributed by atoms with Crippen molar-refractivity contribution in [2.45, 2.75) is 6.54 Å². The molecule has 0 aliphatic rings. The minimum atomic E-state index is -0.435. The van der Waals surface area contributed by atoms with Gasteiger partial charge in [-0.3, -0.25) is 25.8 Å². The lowest BCUT2D eigenvalue weighted by Crippen LogP contribution is -2.49. The number of carbonyl (C=O) groups excluding carboxylic acids is 2. The molecular formula is C19H18N4O3S. The van der Waals surface area contributed by atoms with Crippen LogP contribution in [0.2, 0.25) is 0 Å². The fraction of sp³-hybridized carbons (Fsp3) is 0.105. The molecular weight excluding hydrogens is 364 g/mol. The summed E-state index contributed by atoms with van der Waals surface area (Å²) in [5.74, 6) is -0.304. The number of amides is 2. The molecule has 7 nitrogen and oxygen atoms in total. The molecule has 27 heavy (non-hydrogen) atoms. The summed E-state index contributed by atoms with van der Waals surface area (Å²) in [4.78, 5) is 24.4. The zero-order chi connectivity index (χ0) is 19.2. The Morgan fingerprint density at radius 1 is 1.04 bits per heavy atom. The van der Waals surface area contributed by atoms with E-state index in [1.807, 2.05) is 41.1 Å². The number of benzene rings is 2. The van der Waals surface area contributed by atoms with E-state index >= 15 is 0 Å². The topological polar surface area (TPSA) is 84.4 Å². The quantitative estimate of drug-likeness (QED) is 0.475. The van der Waals surface area contributed by atoms with Crippen molar-refractivity contribution < 1.29 is 14.3 Å². The van der Waals surface area contributed by atoms with E-state index in [0.29, 0.717) is 11.3 Å². The number of nitrogens with zero attached hydrogens (tertiary/aromatic N) is 1. The van der Waals surface area contributed by atoms with Gasteiger partial charge in [-0.2, -0.15) is 0 Å². The second kappa shape index (κ2) is 8.33. The monoisotopic (exact) mass is 382 g/mol. The maximum absolute atomic E-state index is 12.2. The molecule has 0 saturated heterocycles. The van der Waals surface area contributed by atoms with Crippen LogP contribution in [0.1, 0.15) is 10.4 Å². The molecule has 0 radical (unpaired) electrons. The molecule has 3 aromatic rings. The fourth-order valence-electron chi connectivity index (χ4n) is 2.63. The van der Waals surface area contributed by atoms with Crippen LogP contribution in [-0.4, -0.2) is 28.6 Å². The molecule has 0 spiro atoms. The van der Waals surface area contributed by atoms with Crippen LogP contribution in [0.25, 0.3) is 10.9 Å². The maximum atomic E-state index is 12.2. The van der Waals surface area contributed by atoms with Crippen molar-refractivity contribution in [2.75, 3.05) is 7.11 Å². The highest BCUT2D eigenvalue weighted by molar-refractivity contribution is 7.80. The predicted molar refractivity (Wildman–Crippen MR) is 106 cm³/mol. The standard InChI is InChI=1S/C19H18N4O3S/c1-26-16-9-5-3-7-14(16)18(25)20-19(27)22-21-17(24)12-23-11-10-13-6-2-4-8-15(13)23/h2-11H,12H2,1H3,(H,21,24)(H2,20,22,25,27). The number of ether oxygens (including phenoxy) is 1. The third kappa shape index (κ3) is 4.42. The average Bonchev–Trinajstić information content (AvgIpc) is 3.09. The molecule has 0 aliphatic heterocycles. The van der Waals surface area contributed by atoms with Crippen LogP contribution in [-0.2, 0) is 11.3 Å². The number of hydrazine groups is 1. The van der Waals surface area contributed by atoms with Crippen LogP contribution >= 0.6 is 12.2 Å². The van der Waals surface area contributed by atoms with Gasteiger partial charge in [-0.15, -0.1) is 0 Å². The molecule has 2 amide bonds. The lowest BCUT2D eigenvalue weighted by atomic mass is 10.2. The fourth-order valence-corrected chi connectivity index (χ4v) is 2.78. The summed E-state index contributed by atoms with van der Waals surface area (Å²) < 4.78 is 6.97. The smallest absolute Gasteiger partial charge is 0.261 e. The number of hydrogen-bond acceptors (Lipinski definition) is 4. The number of aromatic nitrogens is 1. The summed E-state index contributed by atoms with van der Waals surface area (Å²) in [7, 11) is 1.48. The van der Waals surface area contributed by atoms with Gasteiger partial charge in [0.25, 0.3) is 11.8 Å². The van der Waals surface area contributed by atoms with E-state index in [1.165, 1.54) is 7.11 Å². The van der Waals surface area contributed by atoms with E-state index < -0.39 is 5.91 Å². The van der Waals surface area contributed by atoms with Crippen LogP contribution < -0.4 is 20.9 Å². The molecule has 3 N–H and O–H groups in total. The third-order valence-electron chi connectivity index (χ3n) is 3.89. The molecule has 1 heterocycles. The predicted octanol–water partition coefficient (Wildman–Crippen LogP) is 1.99. The van der Waals surface area contributed by atoms with Crippen LogP contribution in [0.4, 0.5) is 0 Å². The Labute approximate surface area is 161 Å². The lowest BCUT2D eigenvalue weighted by molar-refractivity contribution is -0.122. The molecule has 8 heteroatoms. The molecule has 3 rings (SSSR count). The summed E-state index contributed by atoms with van der Waals surface area (Å²) in [5, 5.41) is 3.53. The highest BCUT2D eigenvalue weighted by Crippen LogP contribution is 2.17. The van der Waals surface area contributed by atoms with Crippen molar-refractivity contribution in [3.05, 3.63) is 66.4 Å². The van der Waals surface area contributed by atoms with Gasteiger partial charge in [-0.05, 0) is 41.9 Å². The molecule has 2 aromatic carbocycles. The Kier molecular flexibility index (Phi) is 5.68. The first kappa shape index (κ1) is 18.4. The van der Waals surface area contributed by atoms with E-state index in [-0.39, 0.29) is 17.6 Å². The summed E-state index contributed by atoms with van der Waals surface area (Å²) >= 11 is 5.05. The Bertz CT molecular complexity index is 999. The van der Waals surface area contributed by atoms with E-state index in [0.717, 1.165) is 10.9 Å². The Morgan fingerprint density at radius 2 is 1.78 bits per heavy atom. The van der Waals surface area contributed by atoms with Gasteiger partial charge in [-0.1, -0.05) is 30.3 Å². The number of methoxy groups -OCH3 is 1. The van der Waals surface area contributed by atoms with Gasteiger partial charge in [0.1, 0.15) is 12.3 Å². The van der Waals surface area contributed by atoms with Crippen LogP contribution in [0.15, 0.2) is 60.8 Å². The van der Waals surface area contributed by atoms with Gasteiger partial charge in [-0.25, -0.2) is 0 Å². The van der Waals surface area contributed by atoms with Crippen molar-refractivity contribution in [1.82, 2.24) is 20.7 Å². The summed E-state index contributed by atoms with van der Waals surface area (Å²) in [6.07, 6.45) is 1.84. The number of nitrogens with one attached hydrogen (secondary N) is 3. The van der Waals surface area contributed by atoms with E-state index in [4.69, 9.17) is 17.0 Å². The molecule has 0 bridgehead atoms. The number of fused-ring (bicyclic) bond motifs is 1. The SMILES string of the molecule is COc1ccccc1C(=O)NC(=S)NNC(=O)Cn1ccc2ccccc21. The van der Waals surface area contributed by atoms with Crippen molar-refractivity contribution in [1.29, 1.82) is 0 Å². The minimum Gasteiger partial charge on any atom is -0.496 e. The number of carbonyl (C=O) groups is 2. The summed E-state index contributed by atoms with van der Waals surface area (Å²) in [5.41, 5.74) is 6.30. The zero-order valence-electron chi connectivity index (χ0n) is 14.6. The third-order valence-corrected chi connectivity index (χ3v) is 4.09. The van der Waals surface area contributed by atoms with Crippen molar-refractivity contribution in [3.63, 3.8) is 0 Å². The first-order valence-corrected chi connectivity index (χ1v) is 8.56. The number of thiocarbonyl (C=S) groups is 1. The van der Waals surface area contributed by atoms with Crippen molar-refractivity contribution >= 4 is 40.0 Å². The highest BCUT2D eigenvalue weighted by Gasteiger charge is 2.13. The Balaban J connectivity index is 1.53. The second-order valence-corrected chi connectivity index (χ2v) is 6.07. The van der Waals surface area contributed by atoms with Gasteiger partial charge in [0.05, 0.1) is 12.7 Å². The van der Waals surface area contributed by atoms with Gasteiger partial charge < -0.3 is 9.30 Å². The number of hydrogen-bond donors (Lipinski definition) is 3. The Morgan fingerprint density at radius 3 is 2.59 bits per heavy atom. The van der Waals surface area contributed by atoms with Crippen LogP contribution in [0, 0.1) is 0 Å². The lowest BCUT2D eigenvalue weighted by Gasteiger charge is -2.12. The normalized spacial score (nSPS) is 10.3. The van der Waals surface area contributed by atoms with Crippen LogP contribution in [0.3, 0.4) is 0 Å². The maximum Gasteiger partial charge on any atom is 0.261 e. The van der Waals surface area contributed by atoms with E-state index in [9.17, 15) is 9.59 Å². The highest BCUT2D eigenvalue weighted by atomic mass is 32.1. The van der Waals surface area contributed by atoms with Gasteiger partial charge in [0.15, 0.2) is 5.11 Å². The number of para-hydroxylation sites is 2. The summed E-state index contributed by atoms with van der Waals surface area (Å²) in [6, 6.07) is 16.5. The number of rotatable bonds is 4. The minimum absolute atomic E-state index is 0.0170. The van der Waals surface area contributed by atoms with Gasteiger partial charge in [0, 0.05) is 11.7 Å². The molecule has 0 fully saturated rings. The van der Waals surface area contributed by atoms with Gasteiger partial charge in [0.2, 0.25) is 0 Å². The molecule has 1 aromatic heterocycles. The molecule has 0 aliphatic carbocycles. The summed E-state index contributed by atoms with van der Waals surface area (Å²) in [6.45, 7) is 0.115. The molecule has 0 saturated carbocycles. The first-order chi connectivity index (χ1) is 13.1. The molecule has 138 valence electrons. The zero-order valence-corrected chi connectivity index (χ0v) is 15.4. The van der Waals surface area contributed by atoms with Gasteiger partial charge >= 0.3 is 0 Å². The average molecular weight is 382 g/mol. The Hall–Kier alpha value is -3.39. The van der Waals surface area contributed by atoms with E-state index in [2.05, 4.69) is 16.2 Å². The molecule has 0 unspecified atom stereocenters. The van der Waals surface area contributed by atoms with Crippen molar-refractivity contribution in [3.8, 4) is 5.75 Å².